The maximum absolute atomic E-state index is 12.3. The molecule has 1 atom stereocenters. The van der Waals surface area contributed by atoms with Gasteiger partial charge in [-0.1, -0.05) is 31.2 Å². The molecule has 0 saturated heterocycles. The lowest BCUT2D eigenvalue weighted by Crippen LogP contribution is -2.43. The third-order valence-corrected chi connectivity index (χ3v) is 4.33. The topological polar surface area (TPSA) is 65.0 Å². The van der Waals surface area contributed by atoms with Crippen LogP contribution >= 0.6 is 0 Å². The quantitative estimate of drug-likeness (QED) is 0.597. The van der Waals surface area contributed by atoms with Gasteiger partial charge in [-0.15, -0.1) is 13.2 Å². The van der Waals surface area contributed by atoms with Gasteiger partial charge in [0.05, 0.1) is 0 Å². The van der Waals surface area contributed by atoms with E-state index in [1.807, 2.05) is 0 Å². The lowest BCUT2D eigenvalue weighted by Gasteiger charge is -2.28. The predicted molar refractivity (Wildman–Crippen MR) is 99.9 cm³/mol. The Balaban J connectivity index is 2.01. The highest BCUT2D eigenvalue weighted by molar-refractivity contribution is 5.78. The molecule has 0 aliphatic rings. The fourth-order valence-electron chi connectivity index (χ4n) is 2.88. The zero-order valence-electron chi connectivity index (χ0n) is 16.2. The van der Waals surface area contributed by atoms with Crippen molar-refractivity contribution in [1.29, 1.82) is 0 Å². The van der Waals surface area contributed by atoms with E-state index in [0.29, 0.717) is 24.3 Å². The molecule has 0 radical (unpaired) electrons. The molecule has 0 amide bonds. The molecule has 2 aromatic rings. The van der Waals surface area contributed by atoms with Gasteiger partial charge in [-0.25, -0.2) is 4.79 Å². The van der Waals surface area contributed by atoms with E-state index in [1.165, 1.54) is 18.2 Å². The number of carbonyl (C=O) groups is 1. The number of carboxylic acids is 1. The second-order valence-electron chi connectivity index (χ2n) is 6.39. The number of carboxylic acid groups (broad SMARTS) is 1. The third-order valence-electron chi connectivity index (χ3n) is 4.33. The first-order chi connectivity index (χ1) is 13.7. The molecule has 0 aromatic heterocycles. The van der Waals surface area contributed by atoms with Crippen LogP contribution < -0.4 is 9.47 Å². The molecule has 1 unspecified atom stereocenters. The van der Waals surface area contributed by atoms with Crippen LogP contribution in [-0.2, 0) is 22.6 Å². The Hall–Kier alpha value is -2.74. The first kappa shape index (κ1) is 22.5. The number of benzene rings is 2. The highest BCUT2D eigenvalue weighted by Gasteiger charge is 2.37. The minimum absolute atomic E-state index is 0.0569. The van der Waals surface area contributed by atoms with E-state index >= 15 is 0 Å². The van der Waals surface area contributed by atoms with Gasteiger partial charge in [0.1, 0.15) is 18.1 Å². The van der Waals surface area contributed by atoms with Gasteiger partial charge in [0.2, 0.25) is 0 Å². The largest absolute Gasteiger partial charge is 0.573 e. The fourth-order valence-corrected chi connectivity index (χ4v) is 2.88. The molecule has 2 rings (SSSR count). The average Bonchev–Trinajstić information content (AvgIpc) is 2.66. The monoisotopic (exact) mass is 412 g/mol. The SMILES string of the molecule is CCOC(CC)(Cc1ccc(OCc2cccc(OC(F)(F)F)c2)cc1)C(=O)O. The summed E-state index contributed by atoms with van der Waals surface area (Å²) in [7, 11) is 0. The van der Waals surface area contributed by atoms with Crippen molar-refractivity contribution in [3.8, 4) is 11.5 Å². The number of hydrogen-bond acceptors (Lipinski definition) is 4. The van der Waals surface area contributed by atoms with E-state index < -0.39 is 17.9 Å². The number of rotatable bonds is 10. The van der Waals surface area contributed by atoms with Crippen molar-refractivity contribution in [1.82, 2.24) is 0 Å². The van der Waals surface area contributed by atoms with Gasteiger partial charge in [-0.05, 0) is 48.7 Å². The summed E-state index contributed by atoms with van der Waals surface area (Å²) in [5.41, 5.74) is 0.00874. The molecule has 0 saturated carbocycles. The summed E-state index contributed by atoms with van der Waals surface area (Å²) in [5, 5.41) is 9.54. The van der Waals surface area contributed by atoms with E-state index in [4.69, 9.17) is 9.47 Å². The highest BCUT2D eigenvalue weighted by Crippen LogP contribution is 2.26. The van der Waals surface area contributed by atoms with Crippen molar-refractivity contribution in [3.63, 3.8) is 0 Å². The van der Waals surface area contributed by atoms with Crippen LogP contribution in [0, 0.1) is 0 Å². The highest BCUT2D eigenvalue weighted by atomic mass is 19.4. The average molecular weight is 412 g/mol. The van der Waals surface area contributed by atoms with Gasteiger partial charge in [0, 0.05) is 13.0 Å². The number of alkyl halides is 3. The van der Waals surface area contributed by atoms with Crippen LogP contribution in [0.2, 0.25) is 0 Å². The number of hydrogen-bond donors (Lipinski definition) is 1. The van der Waals surface area contributed by atoms with Crippen LogP contribution in [-0.4, -0.2) is 29.6 Å². The molecule has 0 fully saturated rings. The standard InChI is InChI=1S/C21H23F3O5/c1-3-20(19(25)26,28-4-2)13-15-8-10-17(11-9-15)27-14-16-6-5-7-18(12-16)29-21(22,23)24/h5-12H,3-4,13-14H2,1-2H3,(H,25,26). The molecule has 0 spiro atoms. The van der Waals surface area contributed by atoms with Crippen molar-refractivity contribution in [2.45, 2.75) is 45.3 Å². The van der Waals surface area contributed by atoms with Gasteiger partial charge in [0.25, 0.3) is 0 Å². The fraction of sp³-hybridized carbons (Fsp3) is 0.381. The predicted octanol–water partition coefficient (Wildman–Crippen LogP) is 4.98. The molecule has 158 valence electrons. The van der Waals surface area contributed by atoms with Gasteiger partial charge < -0.3 is 19.3 Å². The lowest BCUT2D eigenvalue weighted by molar-refractivity contribution is -0.274. The summed E-state index contributed by atoms with van der Waals surface area (Å²) in [6.45, 7) is 3.86. The zero-order chi connectivity index (χ0) is 21.5. The first-order valence-electron chi connectivity index (χ1n) is 9.11. The molecule has 29 heavy (non-hydrogen) atoms. The Morgan fingerprint density at radius 1 is 1.00 bits per heavy atom. The molecule has 8 heteroatoms. The summed E-state index contributed by atoms with van der Waals surface area (Å²) >= 11 is 0. The van der Waals surface area contributed by atoms with Crippen molar-refractivity contribution in [3.05, 3.63) is 59.7 Å². The molecular weight excluding hydrogens is 389 g/mol. The van der Waals surface area contributed by atoms with Crippen LogP contribution in [0.5, 0.6) is 11.5 Å². The van der Waals surface area contributed by atoms with Crippen molar-refractivity contribution in [2.75, 3.05) is 6.61 Å². The Kier molecular flexibility index (Phi) is 7.50. The van der Waals surface area contributed by atoms with Gasteiger partial charge in [0.15, 0.2) is 5.60 Å². The Morgan fingerprint density at radius 2 is 1.69 bits per heavy atom. The van der Waals surface area contributed by atoms with E-state index in [9.17, 15) is 23.1 Å². The van der Waals surface area contributed by atoms with Crippen LogP contribution in [0.25, 0.3) is 0 Å². The van der Waals surface area contributed by atoms with Crippen molar-refractivity contribution in [2.24, 2.45) is 0 Å². The number of ether oxygens (including phenoxy) is 3. The second-order valence-corrected chi connectivity index (χ2v) is 6.39. The Labute approximate surface area is 167 Å². The van der Waals surface area contributed by atoms with Crippen molar-refractivity contribution >= 4 is 5.97 Å². The van der Waals surface area contributed by atoms with E-state index in [0.717, 1.165) is 5.56 Å². The minimum atomic E-state index is -4.75. The molecule has 1 N–H and O–H groups in total. The number of halogens is 3. The summed E-state index contributed by atoms with van der Waals surface area (Å²) in [5.74, 6) is -0.817. The van der Waals surface area contributed by atoms with Crippen LogP contribution in [0.4, 0.5) is 13.2 Å². The second kappa shape index (κ2) is 9.65. The van der Waals surface area contributed by atoms with Crippen LogP contribution in [0.1, 0.15) is 31.4 Å². The lowest BCUT2D eigenvalue weighted by atomic mass is 9.91. The van der Waals surface area contributed by atoms with Crippen LogP contribution in [0.3, 0.4) is 0 Å². The molecule has 0 aliphatic carbocycles. The maximum atomic E-state index is 12.3. The summed E-state index contributed by atoms with van der Waals surface area (Å²) < 4.78 is 51.9. The minimum Gasteiger partial charge on any atom is -0.489 e. The van der Waals surface area contributed by atoms with Gasteiger partial charge in [-0.3, -0.25) is 0 Å². The van der Waals surface area contributed by atoms with Crippen LogP contribution in [0.15, 0.2) is 48.5 Å². The normalized spacial score (nSPS) is 13.6. The molecule has 5 nitrogen and oxygen atoms in total. The summed E-state index contributed by atoms with van der Waals surface area (Å²) in [6, 6.07) is 12.4. The smallest absolute Gasteiger partial charge is 0.489 e. The van der Waals surface area contributed by atoms with Crippen molar-refractivity contribution < 1.29 is 37.3 Å². The number of aliphatic carboxylic acids is 1. The Morgan fingerprint density at radius 3 is 2.24 bits per heavy atom. The molecule has 2 aromatic carbocycles. The van der Waals surface area contributed by atoms with Gasteiger partial charge >= 0.3 is 12.3 Å². The molecule has 0 aliphatic heterocycles. The van der Waals surface area contributed by atoms with E-state index in [1.54, 1.807) is 44.2 Å². The molecule has 0 bridgehead atoms. The molecular formula is C21H23F3O5. The van der Waals surface area contributed by atoms with Gasteiger partial charge in [-0.2, -0.15) is 0 Å². The Bertz CT molecular complexity index is 805. The van der Waals surface area contributed by atoms with E-state index in [-0.39, 0.29) is 18.8 Å². The zero-order valence-corrected chi connectivity index (χ0v) is 16.2. The first-order valence-corrected chi connectivity index (χ1v) is 9.11. The third kappa shape index (κ3) is 6.67. The summed E-state index contributed by atoms with van der Waals surface area (Å²) in [6.07, 6.45) is -4.21. The maximum Gasteiger partial charge on any atom is 0.573 e. The summed E-state index contributed by atoms with van der Waals surface area (Å²) in [4.78, 5) is 11.7. The van der Waals surface area contributed by atoms with E-state index in [2.05, 4.69) is 4.74 Å². The molecule has 0 heterocycles.